The van der Waals surface area contributed by atoms with Crippen LogP contribution in [0.3, 0.4) is 0 Å². The van der Waals surface area contributed by atoms with Gasteiger partial charge < -0.3 is 4.90 Å². The van der Waals surface area contributed by atoms with Crippen LogP contribution in [0.25, 0.3) is 21.2 Å². The third kappa shape index (κ3) is 4.20. The molecular weight excluding hydrogens is 481 g/mol. The number of fused-ring (bicyclic) bond motifs is 1. The Morgan fingerprint density at radius 3 is 2.46 bits per heavy atom. The van der Waals surface area contributed by atoms with Crippen LogP contribution in [0, 0.1) is 11.7 Å². The molecule has 3 heterocycles. The molecule has 1 amide bonds. The van der Waals surface area contributed by atoms with Crippen molar-refractivity contribution in [3.05, 3.63) is 75.8 Å². The molecule has 1 aliphatic carbocycles. The summed E-state index contributed by atoms with van der Waals surface area (Å²) in [7, 11) is 0. The van der Waals surface area contributed by atoms with E-state index in [9.17, 15) is 9.59 Å². The first-order valence-electron chi connectivity index (χ1n) is 11.8. The molecule has 6 rings (SSSR count). The van der Waals surface area contributed by atoms with E-state index in [1.165, 1.54) is 22.7 Å². The fourth-order valence-electron chi connectivity index (χ4n) is 5.08. The zero-order valence-corrected chi connectivity index (χ0v) is 20.7. The largest absolute Gasteiger partial charge is 0.334 e. The lowest BCUT2D eigenvalue weighted by atomic mass is 9.76. The summed E-state index contributed by atoms with van der Waals surface area (Å²) in [5.74, 6) is -0.590. The molecule has 35 heavy (non-hydrogen) atoms. The van der Waals surface area contributed by atoms with Crippen LogP contribution >= 0.6 is 22.7 Å². The summed E-state index contributed by atoms with van der Waals surface area (Å²) in [6.45, 7) is 2.93. The van der Waals surface area contributed by atoms with Crippen molar-refractivity contribution in [2.24, 2.45) is 5.92 Å². The van der Waals surface area contributed by atoms with Gasteiger partial charge in [-0.05, 0) is 36.1 Å². The molecule has 4 aromatic rings. The summed E-state index contributed by atoms with van der Waals surface area (Å²) in [5, 5.41) is 2.88. The number of rotatable bonds is 5. The van der Waals surface area contributed by atoms with Gasteiger partial charge in [0.1, 0.15) is 4.88 Å². The highest BCUT2D eigenvalue weighted by Crippen LogP contribution is 2.40. The molecule has 2 fully saturated rings. The number of hydrogen-bond donors (Lipinski definition) is 0. The van der Waals surface area contributed by atoms with E-state index < -0.39 is 0 Å². The molecule has 1 saturated heterocycles. The minimum absolute atomic E-state index is 0.00280. The second kappa shape index (κ2) is 9.26. The predicted molar refractivity (Wildman–Crippen MR) is 138 cm³/mol. The van der Waals surface area contributed by atoms with E-state index in [2.05, 4.69) is 9.88 Å². The molecule has 0 bridgehead atoms. The molecule has 8 heteroatoms. The molecule has 2 aliphatic rings. The number of aromatic nitrogens is 1. The van der Waals surface area contributed by atoms with Gasteiger partial charge in [-0.3, -0.25) is 14.5 Å². The Kier molecular flexibility index (Phi) is 5.96. The van der Waals surface area contributed by atoms with Crippen molar-refractivity contribution < 1.29 is 14.0 Å². The van der Waals surface area contributed by atoms with Gasteiger partial charge in [0.05, 0.1) is 0 Å². The molecule has 1 aliphatic heterocycles. The van der Waals surface area contributed by atoms with Gasteiger partial charge in [-0.1, -0.05) is 36.4 Å². The van der Waals surface area contributed by atoms with Gasteiger partial charge in [0.15, 0.2) is 16.6 Å². The smallest absolute Gasteiger partial charge is 0.282 e. The van der Waals surface area contributed by atoms with Crippen molar-refractivity contribution in [2.45, 2.75) is 18.9 Å². The fraction of sp³-hybridized carbons (Fsp3) is 0.296. The molecule has 2 aromatic heterocycles. The number of thiophene rings is 1. The number of amides is 1. The van der Waals surface area contributed by atoms with E-state index in [1.54, 1.807) is 6.20 Å². The molecule has 5 nitrogen and oxygen atoms in total. The minimum Gasteiger partial charge on any atom is -0.334 e. The molecule has 0 radical (unpaired) electrons. The van der Waals surface area contributed by atoms with Crippen LogP contribution in [0.4, 0.5) is 4.39 Å². The second-order valence-corrected chi connectivity index (χ2v) is 11.1. The summed E-state index contributed by atoms with van der Waals surface area (Å²) < 4.78 is 16.1. The van der Waals surface area contributed by atoms with Crippen molar-refractivity contribution in [2.75, 3.05) is 26.2 Å². The first-order chi connectivity index (χ1) is 17.1. The average molecular weight is 506 g/mol. The monoisotopic (exact) mass is 505 g/mol. The molecule has 1 saturated carbocycles. The van der Waals surface area contributed by atoms with Crippen LogP contribution in [0.15, 0.2) is 60.1 Å². The number of carbonyl (C=O) groups is 2. The lowest BCUT2D eigenvalue weighted by Gasteiger charge is -2.45. The Morgan fingerprint density at radius 1 is 0.971 bits per heavy atom. The Labute approximate surface area is 210 Å². The van der Waals surface area contributed by atoms with Gasteiger partial charge in [-0.2, -0.15) is 0 Å². The number of thiazole rings is 1. The number of ketones is 1. The number of hydrogen-bond acceptors (Lipinski definition) is 6. The van der Waals surface area contributed by atoms with Crippen LogP contribution < -0.4 is 0 Å². The molecule has 178 valence electrons. The zero-order valence-electron chi connectivity index (χ0n) is 19.0. The van der Waals surface area contributed by atoms with Crippen molar-refractivity contribution >= 4 is 44.5 Å². The summed E-state index contributed by atoms with van der Waals surface area (Å²) in [5.41, 5.74) is 1.98. The third-order valence-electron chi connectivity index (χ3n) is 7.18. The van der Waals surface area contributed by atoms with Gasteiger partial charge in [-0.25, -0.2) is 9.37 Å². The maximum Gasteiger partial charge on any atom is 0.282 e. The number of nitrogens with zero attached hydrogens (tertiary/aromatic N) is 3. The lowest BCUT2D eigenvalue weighted by molar-refractivity contribution is 0.0286. The number of Topliss-reactive ketones (excluding diaryl/α,β-unsaturated/α-hetero) is 1. The van der Waals surface area contributed by atoms with Crippen LogP contribution in [0.5, 0.6) is 0 Å². The van der Waals surface area contributed by atoms with Gasteiger partial charge in [-0.15, -0.1) is 22.7 Å². The van der Waals surface area contributed by atoms with Gasteiger partial charge in [0, 0.05) is 59.8 Å². The van der Waals surface area contributed by atoms with E-state index in [1.807, 2.05) is 58.8 Å². The first kappa shape index (κ1) is 22.5. The Balaban J connectivity index is 1.09. The standard InChI is InChI=1S/C27H24FN3O2S2/c28-23-21-16-18(17-4-2-1-3-5-17)6-7-22(21)35-25(23)24(32)19-14-20(15-19)30-9-11-31(12-10-30)27(33)26-29-8-13-34-26/h1-8,13,16,19-20H,9-12,14-15H2. The summed E-state index contributed by atoms with van der Waals surface area (Å²) >= 11 is 2.63. The molecule has 2 aromatic carbocycles. The van der Waals surface area contributed by atoms with E-state index in [-0.39, 0.29) is 28.3 Å². The Hall–Kier alpha value is -2.94. The molecule has 0 atom stereocenters. The highest BCUT2D eigenvalue weighted by molar-refractivity contribution is 7.20. The van der Waals surface area contributed by atoms with E-state index in [4.69, 9.17) is 0 Å². The van der Waals surface area contributed by atoms with Crippen molar-refractivity contribution in [1.29, 1.82) is 0 Å². The first-order valence-corrected chi connectivity index (χ1v) is 13.5. The minimum atomic E-state index is -0.384. The van der Waals surface area contributed by atoms with Crippen LogP contribution in [-0.4, -0.2) is 58.7 Å². The van der Waals surface area contributed by atoms with E-state index in [0.29, 0.717) is 29.5 Å². The number of benzene rings is 2. The van der Waals surface area contributed by atoms with Crippen LogP contribution in [0.2, 0.25) is 0 Å². The van der Waals surface area contributed by atoms with Crippen LogP contribution in [0.1, 0.15) is 32.3 Å². The maximum absolute atomic E-state index is 15.3. The Morgan fingerprint density at radius 2 is 1.74 bits per heavy atom. The van der Waals surface area contributed by atoms with Crippen molar-refractivity contribution in [1.82, 2.24) is 14.8 Å². The van der Waals surface area contributed by atoms with E-state index in [0.717, 1.165) is 41.8 Å². The van der Waals surface area contributed by atoms with Gasteiger partial charge in [0.25, 0.3) is 5.91 Å². The van der Waals surface area contributed by atoms with Crippen molar-refractivity contribution in [3.8, 4) is 11.1 Å². The quantitative estimate of drug-likeness (QED) is 0.332. The fourth-order valence-corrected chi connectivity index (χ4v) is 6.76. The second-order valence-electron chi connectivity index (χ2n) is 9.17. The van der Waals surface area contributed by atoms with E-state index >= 15 is 4.39 Å². The zero-order chi connectivity index (χ0) is 23.9. The average Bonchev–Trinajstić information content (AvgIpc) is 3.52. The van der Waals surface area contributed by atoms with Gasteiger partial charge in [0.2, 0.25) is 0 Å². The predicted octanol–water partition coefficient (Wildman–Crippen LogP) is 5.58. The highest BCUT2D eigenvalue weighted by Gasteiger charge is 2.41. The van der Waals surface area contributed by atoms with Crippen molar-refractivity contribution in [3.63, 3.8) is 0 Å². The maximum atomic E-state index is 15.3. The highest BCUT2D eigenvalue weighted by atomic mass is 32.1. The van der Waals surface area contributed by atoms with Crippen LogP contribution in [-0.2, 0) is 0 Å². The Bertz CT molecular complexity index is 1370. The normalized spacial score (nSPS) is 20.7. The lowest BCUT2D eigenvalue weighted by Crippen LogP contribution is -2.55. The molecule has 0 unspecified atom stereocenters. The third-order valence-corrected chi connectivity index (χ3v) is 9.10. The topological polar surface area (TPSA) is 53.5 Å². The summed E-state index contributed by atoms with van der Waals surface area (Å²) in [6.07, 6.45) is 3.16. The van der Waals surface area contributed by atoms with Gasteiger partial charge >= 0.3 is 0 Å². The number of carbonyl (C=O) groups excluding carboxylic acids is 2. The summed E-state index contributed by atoms with van der Waals surface area (Å²) in [6, 6.07) is 16.0. The SMILES string of the molecule is O=C(c1sc2ccc(-c3ccccc3)cc2c1F)C1CC(N2CCN(C(=O)c3nccs3)CC2)C1. The number of piperazine rings is 1. The number of halogens is 1. The molecular formula is C27H24FN3O2S2. The molecule has 0 spiro atoms. The summed E-state index contributed by atoms with van der Waals surface area (Å²) in [4.78, 5) is 34.3. The molecule has 0 N–H and O–H groups in total.